The molecule has 0 spiro atoms. The highest BCUT2D eigenvalue weighted by Crippen LogP contribution is 2.36. The van der Waals surface area contributed by atoms with Crippen LogP contribution in [0.3, 0.4) is 0 Å². The van der Waals surface area contributed by atoms with Gasteiger partial charge >= 0.3 is 0 Å². The van der Waals surface area contributed by atoms with Gasteiger partial charge in [-0.3, -0.25) is 0 Å². The zero-order chi connectivity index (χ0) is 10.7. The van der Waals surface area contributed by atoms with Gasteiger partial charge in [-0.05, 0) is 37.8 Å². The Balaban J connectivity index is 2.13. The van der Waals surface area contributed by atoms with Crippen molar-refractivity contribution < 1.29 is 4.42 Å². The van der Waals surface area contributed by atoms with Gasteiger partial charge in [0.1, 0.15) is 11.5 Å². The highest BCUT2D eigenvalue weighted by atomic mass is 16.3. The molecule has 1 unspecified atom stereocenters. The van der Waals surface area contributed by atoms with Crippen LogP contribution in [0, 0.1) is 25.2 Å². The molecule has 1 heterocycles. The maximum atomic E-state index is 5.65. The van der Waals surface area contributed by atoms with E-state index in [1.807, 2.05) is 19.1 Å². The predicted octanol–water partition coefficient (Wildman–Crippen LogP) is 3.89. The van der Waals surface area contributed by atoms with E-state index in [4.69, 9.17) is 10.8 Å². The average Bonchev–Trinajstić information content (AvgIpc) is 2.68. The first-order valence-electron chi connectivity index (χ1n) is 5.83. The predicted molar refractivity (Wildman–Crippen MR) is 61.6 cm³/mol. The molecule has 0 aromatic carbocycles. The summed E-state index contributed by atoms with van der Waals surface area (Å²) in [5, 5.41) is 0. The summed E-state index contributed by atoms with van der Waals surface area (Å²) in [6.07, 6.45) is 12.2. The normalized spacial score (nSPS) is 19.7. The summed E-state index contributed by atoms with van der Waals surface area (Å²) < 4.78 is 5.65. The average molecular weight is 202 g/mol. The molecule has 1 heteroatoms. The fraction of sp³-hybridized carbons (Fsp3) is 0.571. The van der Waals surface area contributed by atoms with E-state index in [0.717, 1.165) is 11.5 Å². The van der Waals surface area contributed by atoms with Gasteiger partial charge in [-0.2, -0.15) is 0 Å². The van der Waals surface area contributed by atoms with E-state index in [2.05, 4.69) is 5.92 Å². The fourth-order valence-corrected chi connectivity index (χ4v) is 2.54. The Bertz CT molecular complexity index is 350. The molecule has 0 aliphatic heterocycles. The lowest BCUT2D eigenvalue weighted by atomic mass is 9.79. The van der Waals surface area contributed by atoms with Crippen molar-refractivity contribution in [2.75, 3.05) is 0 Å². The topological polar surface area (TPSA) is 13.1 Å². The zero-order valence-corrected chi connectivity index (χ0v) is 9.33. The van der Waals surface area contributed by atoms with Gasteiger partial charge in [-0.25, -0.2) is 0 Å². The van der Waals surface area contributed by atoms with Crippen molar-refractivity contribution >= 4 is 0 Å². The third-order valence-electron chi connectivity index (χ3n) is 3.37. The van der Waals surface area contributed by atoms with E-state index in [1.54, 1.807) is 0 Å². The summed E-state index contributed by atoms with van der Waals surface area (Å²) in [5.74, 6) is 5.68. The van der Waals surface area contributed by atoms with Crippen LogP contribution < -0.4 is 0 Å². The second-order valence-corrected chi connectivity index (χ2v) is 4.49. The number of hydrogen-bond donors (Lipinski definition) is 0. The summed E-state index contributed by atoms with van der Waals surface area (Å²) in [7, 11) is 0. The Morgan fingerprint density at radius 3 is 2.60 bits per heavy atom. The minimum atomic E-state index is 0.194. The molecule has 1 aliphatic carbocycles. The minimum absolute atomic E-state index is 0.194. The van der Waals surface area contributed by atoms with Gasteiger partial charge in [0.15, 0.2) is 0 Å². The molecule has 1 saturated carbocycles. The van der Waals surface area contributed by atoms with Crippen LogP contribution in [0.2, 0.25) is 0 Å². The smallest absolute Gasteiger partial charge is 0.119 e. The lowest BCUT2D eigenvalue weighted by Crippen LogP contribution is -2.14. The Labute approximate surface area is 91.9 Å². The zero-order valence-electron chi connectivity index (χ0n) is 9.33. The first-order chi connectivity index (χ1) is 7.31. The van der Waals surface area contributed by atoms with Gasteiger partial charge < -0.3 is 4.42 Å². The largest absolute Gasteiger partial charge is 0.465 e. The Morgan fingerprint density at radius 1 is 1.33 bits per heavy atom. The first-order valence-corrected chi connectivity index (χ1v) is 5.83. The monoisotopic (exact) mass is 202 g/mol. The van der Waals surface area contributed by atoms with Crippen molar-refractivity contribution in [2.45, 2.75) is 44.9 Å². The van der Waals surface area contributed by atoms with Crippen LogP contribution in [0.5, 0.6) is 0 Å². The Hall–Kier alpha value is -1.16. The highest BCUT2D eigenvalue weighted by molar-refractivity contribution is 5.20. The van der Waals surface area contributed by atoms with Crippen LogP contribution in [0.1, 0.15) is 49.5 Å². The van der Waals surface area contributed by atoms with Crippen molar-refractivity contribution in [2.24, 2.45) is 5.92 Å². The van der Waals surface area contributed by atoms with Crippen LogP contribution >= 0.6 is 0 Å². The van der Waals surface area contributed by atoms with Gasteiger partial charge in [-0.15, -0.1) is 6.42 Å². The van der Waals surface area contributed by atoms with Gasteiger partial charge in [0.2, 0.25) is 0 Å². The van der Waals surface area contributed by atoms with E-state index in [0.29, 0.717) is 5.92 Å². The molecule has 1 fully saturated rings. The van der Waals surface area contributed by atoms with Gasteiger partial charge in [-0.1, -0.05) is 25.2 Å². The molecule has 1 aromatic heterocycles. The third kappa shape index (κ3) is 2.26. The molecule has 0 radical (unpaired) electrons. The van der Waals surface area contributed by atoms with E-state index in [-0.39, 0.29) is 5.92 Å². The third-order valence-corrected chi connectivity index (χ3v) is 3.37. The molecule has 0 saturated heterocycles. The van der Waals surface area contributed by atoms with Crippen LogP contribution in [0.15, 0.2) is 16.5 Å². The van der Waals surface area contributed by atoms with Crippen molar-refractivity contribution in [3.63, 3.8) is 0 Å². The Morgan fingerprint density at radius 2 is 2.07 bits per heavy atom. The molecule has 80 valence electrons. The van der Waals surface area contributed by atoms with Crippen LogP contribution in [0.4, 0.5) is 0 Å². The molecule has 0 amide bonds. The number of furan rings is 1. The molecule has 0 bridgehead atoms. The minimum Gasteiger partial charge on any atom is -0.465 e. The maximum absolute atomic E-state index is 5.65. The molecule has 1 nitrogen and oxygen atoms in total. The molecule has 1 atom stereocenters. The lowest BCUT2D eigenvalue weighted by molar-refractivity contribution is 0.309. The highest BCUT2D eigenvalue weighted by Gasteiger charge is 2.25. The molecule has 1 aliphatic rings. The SMILES string of the molecule is C#CC(c1ccc(C)o1)C1CCCCC1. The summed E-state index contributed by atoms with van der Waals surface area (Å²) in [5.41, 5.74) is 0. The standard InChI is InChI=1S/C14H18O/c1-3-13(12-7-5-4-6-8-12)14-10-9-11(2)15-14/h1,9-10,12-13H,4-8H2,2H3. The second-order valence-electron chi connectivity index (χ2n) is 4.49. The summed E-state index contributed by atoms with van der Waals surface area (Å²) in [4.78, 5) is 0. The molecular weight excluding hydrogens is 184 g/mol. The van der Waals surface area contributed by atoms with Gasteiger partial charge in [0.25, 0.3) is 0 Å². The van der Waals surface area contributed by atoms with Crippen molar-refractivity contribution in [1.82, 2.24) is 0 Å². The van der Waals surface area contributed by atoms with Crippen LogP contribution in [-0.2, 0) is 0 Å². The molecule has 2 rings (SSSR count). The van der Waals surface area contributed by atoms with Gasteiger partial charge in [0, 0.05) is 0 Å². The van der Waals surface area contributed by atoms with E-state index >= 15 is 0 Å². The summed E-state index contributed by atoms with van der Waals surface area (Å²) in [6.45, 7) is 1.97. The fourth-order valence-electron chi connectivity index (χ4n) is 2.54. The number of terminal acetylenes is 1. The second kappa shape index (κ2) is 4.57. The Kier molecular flexibility index (Phi) is 3.16. The van der Waals surface area contributed by atoms with Crippen molar-refractivity contribution in [3.8, 4) is 12.3 Å². The first kappa shape index (κ1) is 10.4. The van der Waals surface area contributed by atoms with E-state index in [9.17, 15) is 0 Å². The van der Waals surface area contributed by atoms with E-state index in [1.165, 1.54) is 32.1 Å². The van der Waals surface area contributed by atoms with Crippen molar-refractivity contribution in [1.29, 1.82) is 0 Å². The maximum Gasteiger partial charge on any atom is 0.119 e. The van der Waals surface area contributed by atoms with Crippen molar-refractivity contribution in [3.05, 3.63) is 23.7 Å². The lowest BCUT2D eigenvalue weighted by Gasteiger charge is -2.25. The summed E-state index contributed by atoms with van der Waals surface area (Å²) in [6, 6.07) is 4.04. The number of hydrogen-bond acceptors (Lipinski definition) is 1. The summed E-state index contributed by atoms with van der Waals surface area (Å²) >= 11 is 0. The quantitative estimate of drug-likeness (QED) is 0.663. The van der Waals surface area contributed by atoms with Crippen LogP contribution in [-0.4, -0.2) is 0 Å². The molecular formula is C14H18O. The van der Waals surface area contributed by atoms with Crippen LogP contribution in [0.25, 0.3) is 0 Å². The molecule has 15 heavy (non-hydrogen) atoms. The number of rotatable bonds is 2. The van der Waals surface area contributed by atoms with Gasteiger partial charge in [0.05, 0.1) is 5.92 Å². The number of aryl methyl sites for hydroxylation is 1. The van der Waals surface area contributed by atoms with E-state index < -0.39 is 0 Å². The molecule has 1 aromatic rings. The molecule has 0 N–H and O–H groups in total.